The smallest absolute Gasteiger partial charge is 0.0244 e. The van der Waals surface area contributed by atoms with Gasteiger partial charge in [0.2, 0.25) is 0 Å². The summed E-state index contributed by atoms with van der Waals surface area (Å²) >= 11 is 0. The van der Waals surface area contributed by atoms with Crippen molar-refractivity contribution in [2.75, 3.05) is 25.1 Å². The maximum absolute atomic E-state index is 10.9. The van der Waals surface area contributed by atoms with Crippen LogP contribution >= 0.6 is 0 Å². The molecular formula is C13H27NOS. The summed E-state index contributed by atoms with van der Waals surface area (Å²) in [6.07, 6.45) is 9.88. The molecular weight excluding hydrogens is 218 g/mol. The third-order valence-corrected chi connectivity index (χ3v) is 4.55. The normalized spacial score (nSPS) is 27.9. The lowest BCUT2D eigenvalue weighted by atomic mass is 9.80. The molecule has 0 heterocycles. The largest absolute Gasteiger partial charge is 0.316 e. The Morgan fingerprint density at radius 3 is 2.75 bits per heavy atom. The van der Waals surface area contributed by atoms with E-state index in [2.05, 4.69) is 12.2 Å². The van der Waals surface area contributed by atoms with Crippen LogP contribution in [0.3, 0.4) is 0 Å². The van der Waals surface area contributed by atoms with E-state index in [1.807, 2.05) is 0 Å². The molecule has 0 aliphatic heterocycles. The molecule has 3 unspecified atom stereocenters. The van der Waals surface area contributed by atoms with Crippen molar-refractivity contribution in [3.05, 3.63) is 0 Å². The van der Waals surface area contributed by atoms with Crippen LogP contribution in [0.25, 0.3) is 0 Å². The molecule has 1 saturated carbocycles. The van der Waals surface area contributed by atoms with Crippen molar-refractivity contribution >= 4 is 10.8 Å². The van der Waals surface area contributed by atoms with Gasteiger partial charge in [0.1, 0.15) is 0 Å². The number of rotatable bonds is 7. The Labute approximate surface area is 103 Å². The summed E-state index contributed by atoms with van der Waals surface area (Å²) in [6.45, 7) is 4.52. The fraction of sp³-hybridized carbons (Fsp3) is 1.00. The Morgan fingerprint density at radius 1 is 1.31 bits per heavy atom. The molecule has 96 valence electrons. The summed E-state index contributed by atoms with van der Waals surface area (Å²) in [5.41, 5.74) is 0. The molecule has 1 N–H and O–H groups in total. The fourth-order valence-corrected chi connectivity index (χ4v) is 3.22. The molecule has 2 nitrogen and oxygen atoms in total. The number of hydrogen-bond acceptors (Lipinski definition) is 2. The standard InChI is InChI=1S/C13H27NOS/c1-3-12-6-4-7-13(10-12)11-14-8-5-9-16(2)15/h12-14H,3-11H2,1-2H3. The van der Waals surface area contributed by atoms with Gasteiger partial charge in [0.05, 0.1) is 0 Å². The highest BCUT2D eigenvalue weighted by Gasteiger charge is 2.19. The van der Waals surface area contributed by atoms with Gasteiger partial charge in [-0.3, -0.25) is 4.21 Å². The second kappa shape index (κ2) is 8.24. The van der Waals surface area contributed by atoms with Gasteiger partial charge in [0.15, 0.2) is 0 Å². The summed E-state index contributed by atoms with van der Waals surface area (Å²) in [5, 5.41) is 3.52. The van der Waals surface area contributed by atoms with E-state index in [0.717, 1.165) is 30.6 Å². The van der Waals surface area contributed by atoms with Crippen LogP contribution in [0, 0.1) is 11.8 Å². The van der Waals surface area contributed by atoms with Crippen LogP contribution in [-0.2, 0) is 10.8 Å². The molecule has 3 atom stereocenters. The third-order valence-electron chi connectivity index (χ3n) is 3.69. The van der Waals surface area contributed by atoms with Crippen molar-refractivity contribution in [1.29, 1.82) is 0 Å². The van der Waals surface area contributed by atoms with Gasteiger partial charge in [0, 0.05) is 22.8 Å². The van der Waals surface area contributed by atoms with Gasteiger partial charge in [-0.15, -0.1) is 0 Å². The Kier molecular flexibility index (Phi) is 7.30. The van der Waals surface area contributed by atoms with Gasteiger partial charge in [-0.2, -0.15) is 0 Å². The average Bonchev–Trinajstić information content (AvgIpc) is 2.28. The van der Waals surface area contributed by atoms with E-state index in [0.29, 0.717) is 0 Å². The van der Waals surface area contributed by atoms with Gasteiger partial charge in [-0.05, 0) is 44.2 Å². The Bertz CT molecular complexity index is 208. The lowest BCUT2D eigenvalue weighted by molar-refractivity contribution is 0.254. The van der Waals surface area contributed by atoms with Crippen molar-refractivity contribution in [2.24, 2.45) is 11.8 Å². The van der Waals surface area contributed by atoms with Gasteiger partial charge < -0.3 is 5.32 Å². The monoisotopic (exact) mass is 245 g/mol. The van der Waals surface area contributed by atoms with Gasteiger partial charge in [-0.25, -0.2) is 0 Å². The van der Waals surface area contributed by atoms with Crippen molar-refractivity contribution in [3.8, 4) is 0 Å². The first-order valence-corrected chi connectivity index (χ1v) is 8.45. The van der Waals surface area contributed by atoms with Gasteiger partial charge in [0.25, 0.3) is 0 Å². The summed E-state index contributed by atoms with van der Waals surface area (Å²) in [4.78, 5) is 0. The van der Waals surface area contributed by atoms with Crippen LogP contribution in [0.1, 0.15) is 45.4 Å². The second-order valence-corrected chi connectivity index (χ2v) is 6.70. The van der Waals surface area contributed by atoms with Crippen molar-refractivity contribution in [1.82, 2.24) is 5.32 Å². The quantitative estimate of drug-likeness (QED) is 0.699. The first-order valence-electron chi connectivity index (χ1n) is 6.73. The molecule has 0 bridgehead atoms. The van der Waals surface area contributed by atoms with Crippen molar-refractivity contribution in [3.63, 3.8) is 0 Å². The minimum atomic E-state index is -0.621. The lowest BCUT2D eigenvalue weighted by Crippen LogP contribution is -2.28. The Morgan fingerprint density at radius 2 is 2.06 bits per heavy atom. The highest BCUT2D eigenvalue weighted by atomic mass is 32.2. The minimum absolute atomic E-state index is 0.621. The van der Waals surface area contributed by atoms with Crippen molar-refractivity contribution < 1.29 is 4.21 Å². The van der Waals surface area contributed by atoms with E-state index in [1.165, 1.54) is 38.6 Å². The molecule has 0 amide bonds. The van der Waals surface area contributed by atoms with E-state index >= 15 is 0 Å². The zero-order chi connectivity index (χ0) is 11.8. The number of nitrogens with one attached hydrogen (secondary N) is 1. The highest BCUT2D eigenvalue weighted by Crippen LogP contribution is 2.30. The maximum atomic E-state index is 10.9. The molecule has 3 heteroatoms. The first-order chi connectivity index (χ1) is 7.72. The first kappa shape index (κ1) is 14.2. The van der Waals surface area contributed by atoms with Gasteiger partial charge in [-0.1, -0.05) is 26.2 Å². The second-order valence-electron chi connectivity index (χ2n) is 5.14. The van der Waals surface area contributed by atoms with Crippen LogP contribution in [-0.4, -0.2) is 29.3 Å². The third kappa shape index (κ3) is 6.00. The van der Waals surface area contributed by atoms with E-state index < -0.39 is 10.8 Å². The zero-order valence-electron chi connectivity index (χ0n) is 10.8. The predicted octanol–water partition coefficient (Wildman–Crippen LogP) is 2.56. The Balaban J connectivity index is 2.01. The topological polar surface area (TPSA) is 29.1 Å². The molecule has 16 heavy (non-hydrogen) atoms. The summed E-state index contributed by atoms with van der Waals surface area (Å²) in [7, 11) is -0.621. The summed E-state index contributed by atoms with van der Waals surface area (Å²) in [5.74, 6) is 2.71. The highest BCUT2D eigenvalue weighted by molar-refractivity contribution is 7.84. The number of hydrogen-bond donors (Lipinski definition) is 1. The molecule has 0 aromatic heterocycles. The van der Waals surface area contributed by atoms with Crippen LogP contribution in [0.15, 0.2) is 0 Å². The molecule has 0 spiro atoms. The Hall–Kier alpha value is 0.110. The molecule has 0 aromatic rings. The zero-order valence-corrected chi connectivity index (χ0v) is 11.7. The van der Waals surface area contributed by atoms with Crippen LogP contribution in [0.5, 0.6) is 0 Å². The van der Waals surface area contributed by atoms with Crippen molar-refractivity contribution in [2.45, 2.75) is 45.4 Å². The van der Waals surface area contributed by atoms with Gasteiger partial charge >= 0.3 is 0 Å². The molecule has 1 aliphatic rings. The molecule has 1 fully saturated rings. The molecule has 0 radical (unpaired) electrons. The summed E-state index contributed by atoms with van der Waals surface area (Å²) in [6, 6.07) is 0. The lowest BCUT2D eigenvalue weighted by Gasteiger charge is -2.28. The fourth-order valence-electron chi connectivity index (χ4n) is 2.67. The average molecular weight is 245 g/mol. The van der Waals surface area contributed by atoms with Crippen LogP contribution in [0.2, 0.25) is 0 Å². The molecule has 1 aliphatic carbocycles. The van der Waals surface area contributed by atoms with Crippen LogP contribution in [0.4, 0.5) is 0 Å². The molecule has 0 aromatic carbocycles. The van der Waals surface area contributed by atoms with E-state index in [9.17, 15) is 4.21 Å². The minimum Gasteiger partial charge on any atom is -0.316 e. The van der Waals surface area contributed by atoms with E-state index in [4.69, 9.17) is 0 Å². The summed E-state index contributed by atoms with van der Waals surface area (Å²) < 4.78 is 10.9. The van der Waals surface area contributed by atoms with E-state index in [-0.39, 0.29) is 0 Å². The molecule has 1 rings (SSSR count). The van der Waals surface area contributed by atoms with E-state index in [1.54, 1.807) is 6.26 Å². The SMILES string of the molecule is CCC1CCCC(CNCCCS(C)=O)C1. The predicted molar refractivity (Wildman–Crippen MR) is 72.2 cm³/mol. The van der Waals surface area contributed by atoms with Crippen LogP contribution < -0.4 is 5.32 Å². The molecule has 0 saturated heterocycles. The maximum Gasteiger partial charge on any atom is 0.0244 e.